The van der Waals surface area contributed by atoms with Crippen molar-refractivity contribution in [2.24, 2.45) is 0 Å². The van der Waals surface area contributed by atoms with Gasteiger partial charge in [-0.25, -0.2) is 9.18 Å². The van der Waals surface area contributed by atoms with Crippen molar-refractivity contribution in [1.82, 2.24) is 9.88 Å². The molecule has 1 aliphatic heterocycles. The summed E-state index contributed by atoms with van der Waals surface area (Å²) in [4.78, 5) is 15.3. The lowest BCUT2D eigenvalue weighted by atomic mass is 10.0. The van der Waals surface area contributed by atoms with Crippen LogP contribution >= 0.6 is 0 Å². The number of benzene rings is 1. The van der Waals surface area contributed by atoms with Gasteiger partial charge in [-0.3, -0.25) is 0 Å². The average Bonchev–Trinajstić information content (AvgIpc) is 2.64. The molecule has 5 heteroatoms. The number of aromatic nitrogens is 1. The van der Waals surface area contributed by atoms with Gasteiger partial charge >= 0.3 is 6.09 Å². The van der Waals surface area contributed by atoms with E-state index in [0.717, 1.165) is 22.2 Å². The number of nitrogens with zero attached hydrogens (tertiary/aromatic N) is 1. The van der Waals surface area contributed by atoms with E-state index in [9.17, 15) is 9.18 Å². The summed E-state index contributed by atoms with van der Waals surface area (Å²) >= 11 is 0. The number of hydrogen-bond acceptors (Lipinski definition) is 1. The zero-order valence-electron chi connectivity index (χ0n) is 9.03. The van der Waals surface area contributed by atoms with Gasteiger partial charge in [0.2, 0.25) is 0 Å². The maximum atomic E-state index is 13.1. The highest BCUT2D eigenvalue weighted by Crippen LogP contribution is 2.27. The summed E-state index contributed by atoms with van der Waals surface area (Å²) in [5.41, 5.74) is 2.72. The second-order valence-electron chi connectivity index (χ2n) is 4.23. The number of hydrogen-bond donors (Lipinski definition) is 2. The van der Waals surface area contributed by atoms with Crippen LogP contribution < -0.4 is 0 Å². The monoisotopic (exact) mass is 234 g/mol. The molecule has 0 saturated carbocycles. The first-order valence-electron chi connectivity index (χ1n) is 5.42. The third-order valence-corrected chi connectivity index (χ3v) is 3.21. The molecule has 1 aromatic heterocycles. The molecule has 0 radical (unpaired) electrons. The van der Waals surface area contributed by atoms with Gasteiger partial charge in [0.05, 0.1) is 6.54 Å². The van der Waals surface area contributed by atoms with Crippen LogP contribution in [0.4, 0.5) is 9.18 Å². The van der Waals surface area contributed by atoms with Gasteiger partial charge in [0.15, 0.2) is 0 Å². The molecule has 17 heavy (non-hydrogen) atoms. The van der Waals surface area contributed by atoms with E-state index >= 15 is 0 Å². The van der Waals surface area contributed by atoms with Crippen molar-refractivity contribution in [2.45, 2.75) is 13.0 Å². The maximum absolute atomic E-state index is 13.1. The first-order valence-corrected chi connectivity index (χ1v) is 5.42. The van der Waals surface area contributed by atoms with Crippen LogP contribution in [-0.2, 0) is 13.0 Å². The minimum atomic E-state index is -0.916. The fraction of sp³-hybridized carbons (Fsp3) is 0.250. The molecule has 1 amide bonds. The van der Waals surface area contributed by atoms with Gasteiger partial charge in [0.1, 0.15) is 5.82 Å². The van der Waals surface area contributed by atoms with Crippen molar-refractivity contribution < 1.29 is 14.3 Å². The summed E-state index contributed by atoms with van der Waals surface area (Å²) in [7, 11) is 0. The van der Waals surface area contributed by atoms with Gasteiger partial charge in [-0.05, 0) is 30.2 Å². The number of H-pyrrole nitrogens is 1. The number of amides is 1. The molecule has 3 rings (SSSR count). The Labute approximate surface area is 96.7 Å². The molecule has 88 valence electrons. The van der Waals surface area contributed by atoms with Crippen LogP contribution in [0.2, 0.25) is 0 Å². The highest BCUT2D eigenvalue weighted by atomic mass is 19.1. The maximum Gasteiger partial charge on any atom is 0.407 e. The molecule has 4 nitrogen and oxygen atoms in total. The lowest BCUT2D eigenvalue weighted by molar-refractivity contribution is 0.139. The summed E-state index contributed by atoms with van der Waals surface area (Å²) in [6, 6.07) is 4.62. The minimum Gasteiger partial charge on any atom is -0.465 e. The number of nitrogens with one attached hydrogen (secondary N) is 1. The molecular weight excluding hydrogens is 223 g/mol. The lowest BCUT2D eigenvalue weighted by Gasteiger charge is -2.24. The van der Waals surface area contributed by atoms with Crippen molar-refractivity contribution in [1.29, 1.82) is 0 Å². The number of rotatable bonds is 0. The number of fused-ring (bicyclic) bond motifs is 3. The van der Waals surface area contributed by atoms with Gasteiger partial charge in [-0.2, -0.15) is 0 Å². The van der Waals surface area contributed by atoms with Crippen molar-refractivity contribution in [2.75, 3.05) is 6.54 Å². The highest BCUT2D eigenvalue weighted by molar-refractivity contribution is 5.85. The molecule has 0 bridgehead atoms. The number of carboxylic acid groups (broad SMARTS) is 1. The zero-order valence-corrected chi connectivity index (χ0v) is 9.03. The van der Waals surface area contributed by atoms with Crippen molar-refractivity contribution >= 4 is 17.0 Å². The highest BCUT2D eigenvalue weighted by Gasteiger charge is 2.23. The Balaban J connectivity index is 2.09. The van der Waals surface area contributed by atoms with E-state index in [0.29, 0.717) is 19.5 Å². The molecule has 0 spiro atoms. The molecule has 2 heterocycles. The van der Waals surface area contributed by atoms with Gasteiger partial charge in [0, 0.05) is 23.1 Å². The number of carbonyl (C=O) groups is 1. The van der Waals surface area contributed by atoms with Gasteiger partial charge in [0.25, 0.3) is 0 Å². The van der Waals surface area contributed by atoms with Crippen LogP contribution in [0.15, 0.2) is 18.2 Å². The Morgan fingerprint density at radius 3 is 3.06 bits per heavy atom. The van der Waals surface area contributed by atoms with Gasteiger partial charge in [-0.15, -0.1) is 0 Å². The van der Waals surface area contributed by atoms with E-state index in [-0.39, 0.29) is 5.82 Å². The predicted molar refractivity (Wildman–Crippen MR) is 60.4 cm³/mol. The average molecular weight is 234 g/mol. The number of aromatic amines is 1. The molecule has 2 N–H and O–H groups in total. The number of halogens is 1. The Hall–Kier alpha value is -2.04. The Morgan fingerprint density at radius 1 is 1.47 bits per heavy atom. The summed E-state index contributed by atoms with van der Waals surface area (Å²) in [5.74, 6) is -0.286. The molecule has 0 aliphatic carbocycles. The van der Waals surface area contributed by atoms with Gasteiger partial charge in [-0.1, -0.05) is 0 Å². The normalized spacial score (nSPS) is 15.0. The van der Waals surface area contributed by atoms with Crippen LogP contribution in [0.25, 0.3) is 10.9 Å². The molecule has 0 fully saturated rings. The third kappa shape index (κ3) is 1.54. The van der Waals surface area contributed by atoms with E-state index in [1.54, 1.807) is 6.07 Å². The quantitative estimate of drug-likeness (QED) is 0.735. The van der Waals surface area contributed by atoms with Crippen LogP contribution in [0.3, 0.4) is 0 Å². The van der Waals surface area contributed by atoms with Crippen LogP contribution in [0.5, 0.6) is 0 Å². The summed E-state index contributed by atoms with van der Waals surface area (Å²) < 4.78 is 13.1. The fourth-order valence-corrected chi connectivity index (χ4v) is 2.38. The minimum absolute atomic E-state index is 0.286. The third-order valence-electron chi connectivity index (χ3n) is 3.21. The van der Waals surface area contributed by atoms with E-state index in [2.05, 4.69) is 4.98 Å². The van der Waals surface area contributed by atoms with Crippen molar-refractivity contribution in [3.63, 3.8) is 0 Å². The van der Waals surface area contributed by atoms with Gasteiger partial charge < -0.3 is 15.0 Å². The smallest absolute Gasteiger partial charge is 0.407 e. The fourth-order valence-electron chi connectivity index (χ4n) is 2.38. The molecule has 0 atom stereocenters. The first kappa shape index (κ1) is 10.1. The molecule has 0 unspecified atom stereocenters. The Kier molecular flexibility index (Phi) is 2.07. The standard InChI is InChI=1S/C12H11FN2O2/c13-7-1-2-8-9-3-4-15(12(16)17)6-11(9)14-10(8)5-7/h1-2,5,14H,3-4,6H2,(H,16,17). The molecule has 1 aliphatic rings. The molecule has 1 aromatic carbocycles. The zero-order chi connectivity index (χ0) is 12.0. The van der Waals surface area contributed by atoms with Crippen molar-refractivity contribution in [3.8, 4) is 0 Å². The molecular formula is C12H11FN2O2. The Bertz CT molecular complexity index is 606. The van der Waals surface area contributed by atoms with E-state index in [1.165, 1.54) is 17.0 Å². The topological polar surface area (TPSA) is 56.3 Å². The second-order valence-corrected chi connectivity index (χ2v) is 4.23. The van der Waals surface area contributed by atoms with Crippen LogP contribution in [0.1, 0.15) is 11.3 Å². The largest absolute Gasteiger partial charge is 0.465 e. The van der Waals surface area contributed by atoms with Crippen LogP contribution in [0, 0.1) is 5.82 Å². The first-order chi connectivity index (χ1) is 8.15. The van der Waals surface area contributed by atoms with Crippen LogP contribution in [-0.4, -0.2) is 27.6 Å². The summed E-state index contributed by atoms with van der Waals surface area (Å²) in [6.07, 6.45) is -0.242. The summed E-state index contributed by atoms with van der Waals surface area (Å²) in [6.45, 7) is 0.841. The molecule has 2 aromatic rings. The summed E-state index contributed by atoms with van der Waals surface area (Å²) in [5, 5.41) is 9.93. The van der Waals surface area contributed by atoms with E-state index in [4.69, 9.17) is 5.11 Å². The van der Waals surface area contributed by atoms with E-state index < -0.39 is 6.09 Å². The molecule has 0 saturated heterocycles. The predicted octanol–water partition coefficient (Wildman–Crippen LogP) is 2.34. The van der Waals surface area contributed by atoms with E-state index in [1.807, 2.05) is 0 Å². The second kappa shape index (κ2) is 3.48. The van der Waals surface area contributed by atoms with Crippen molar-refractivity contribution in [3.05, 3.63) is 35.3 Å². The SMILES string of the molecule is O=C(O)N1CCc2c([nH]c3cc(F)ccc23)C1. The Morgan fingerprint density at radius 2 is 2.29 bits per heavy atom. The lowest BCUT2D eigenvalue weighted by Crippen LogP contribution is -2.34.